The van der Waals surface area contributed by atoms with Crippen molar-refractivity contribution in [1.82, 2.24) is 5.32 Å². The molecule has 0 radical (unpaired) electrons. The smallest absolute Gasteiger partial charge is 0.338 e. The molecule has 2 N–H and O–H groups in total. The van der Waals surface area contributed by atoms with Gasteiger partial charge < -0.3 is 15.2 Å². The number of rotatable bonds is 6. The number of hydrogen-bond acceptors (Lipinski definition) is 4. The van der Waals surface area contributed by atoms with Gasteiger partial charge in [-0.1, -0.05) is 30.3 Å². The Hall–Kier alpha value is -3.15. The van der Waals surface area contributed by atoms with E-state index >= 15 is 0 Å². The Labute approximate surface area is 158 Å². The average Bonchev–Trinajstić information content (AvgIpc) is 2.70. The summed E-state index contributed by atoms with van der Waals surface area (Å²) in [5.41, 5.74) is 2.64. The van der Waals surface area contributed by atoms with E-state index in [2.05, 4.69) is 5.32 Å². The Bertz CT molecular complexity index is 911. The standard InChI is InChI=1S/C21H21NO5/c23-19(24)12-22-20(25)17-6-3-7-18(11-17)21(26)27-13-14-8-9-15-4-1-2-5-16(15)10-14/h1-7,11,14H,8-10,12-13H2,(H,22,25)(H,23,24)/i5D. The zero-order chi connectivity index (χ0) is 20.1. The number of fused-ring (bicyclic) bond motifs is 1. The van der Waals surface area contributed by atoms with Gasteiger partial charge in [-0.05, 0) is 54.5 Å². The van der Waals surface area contributed by atoms with Crippen LogP contribution in [0, 0.1) is 5.92 Å². The predicted molar refractivity (Wildman–Crippen MR) is 98.7 cm³/mol. The van der Waals surface area contributed by atoms with E-state index in [9.17, 15) is 14.4 Å². The van der Waals surface area contributed by atoms with Crippen LogP contribution >= 0.6 is 0 Å². The predicted octanol–water partition coefficient (Wildman–Crippen LogP) is 2.46. The van der Waals surface area contributed by atoms with Crippen molar-refractivity contribution < 1.29 is 25.6 Å². The highest BCUT2D eigenvalue weighted by Gasteiger charge is 2.20. The Kier molecular flexibility index (Phi) is 5.43. The summed E-state index contributed by atoms with van der Waals surface area (Å²) in [6.45, 7) is -0.239. The quantitative estimate of drug-likeness (QED) is 0.764. The Balaban J connectivity index is 1.58. The number of carbonyl (C=O) groups excluding carboxylic acids is 2. The average molecular weight is 368 g/mol. The van der Waals surface area contributed by atoms with Crippen LogP contribution < -0.4 is 5.32 Å². The first-order valence-electron chi connectivity index (χ1n) is 9.28. The van der Waals surface area contributed by atoms with Crippen LogP contribution in [0.2, 0.25) is 0 Å². The Morgan fingerprint density at radius 3 is 2.78 bits per heavy atom. The van der Waals surface area contributed by atoms with Gasteiger partial charge in [-0.25, -0.2) is 4.79 Å². The lowest BCUT2D eigenvalue weighted by Crippen LogP contribution is -2.29. The van der Waals surface area contributed by atoms with E-state index in [0.29, 0.717) is 12.5 Å². The van der Waals surface area contributed by atoms with Crippen LogP contribution in [0.25, 0.3) is 0 Å². The van der Waals surface area contributed by atoms with E-state index in [-0.39, 0.29) is 23.7 Å². The molecule has 0 aromatic heterocycles. The minimum absolute atomic E-state index is 0.157. The molecule has 1 amide bonds. The van der Waals surface area contributed by atoms with E-state index in [0.717, 1.165) is 18.4 Å². The largest absolute Gasteiger partial charge is 0.480 e. The fourth-order valence-electron chi connectivity index (χ4n) is 3.15. The molecule has 0 heterocycles. The van der Waals surface area contributed by atoms with E-state index < -0.39 is 24.4 Å². The van der Waals surface area contributed by atoms with Crippen LogP contribution in [0.5, 0.6) is 0 Å². The van der Waals surface area contributed by atoms with Gasteiger partial charge in [-0.3, -0.25) is 9.59 Å². The van der Waals surface area contributed by atoms with Crippen molar-refractivity contribution in [3.8, 4) is 0 Å². The Morgan fingerprint density at radius 1 is 1.15 bits per heavy atom. The molecule has 1 aliphatic rings. The zero-order valence-electron chi connectivity index (χ0n) is 15.7. The maximum Gasteiger partial charge on any atom is 0.338 e. The molecule has 27 heavy (non-hydrogen) atoms. The first-order chi connectivity index (χ1) is 13.4. The molecular weight excluding hydrogens is 346 g/mol. The van der Waals surface area contributed by atoms with Crippen LogP contribution in [-0.4, -0.2) is 36.1 Å². The van der Waals surface area contributed by atoms with Gasteiger partial charge in [0.2, 0.25) is 0 Å². The minimum Gasteiger partial charge on any atom is -0.480 e. The fourth-order valence-corrected chi connectivity index (χ4v) is 3.15. The molecule has 1 aliphatic carbocycles. The van der Waals surface area contributed by atoms with Crippen molar-refractivity contribution in [2.45, 2.75) is 19.3 Å². The molecule has 0 aliphatic heterocycles. The van der Waals surface area contributed by atoms with Gasteiger partial charge in [-0.2, -0.15) is 0 Å². The molecule has 140 valence electrons. The number of carboxylic acid groups (broad SMARTS) is 1. The van der Waals surface area contributed by atoms with E-state index in [4.69, 9.17) is 11.2 Å². The van der Waals surface area contributed by atoms with Crippen molar-refractivity contribution in [3.05, 3.63) is 70.8 Å². The molecule has 6 heteroatoms. The SMILES string of the molecule is [2H]c1cccc2c1CC(COC(=O)c1cccc(C(=O)NCC(=O)O)c1)CC2. The lowest BCUT2D eigenvalue weighted by molar-refractivity contribution is -0.135. The minimum atomic E-state index is -1.14. The number of carbonyl (C=O) groups is 3. The summed E-state index contributed by atoms with van der Waals surface area (Å²) in [5.74, 6) is -2.08. The number of amides is 1. The van der Waals surface area contributed by atoms with Crippen molar-refractivity contribution in [3.63, 3.8) is 0 Å². The number of ether oxygens (including phenoxy) is 1. The molecule has 6 nitrogen and oxygen atoms in total. The summed E-state index contributed by atoms with van der Waals surface area (Å²) in [5, 5.41) is 10.9. The summed E-state index contributed by atoms with van der Waals surface area (Å²) in [6.07, 6.45) is 2.46. The molecule has 1 atom stereocenters. The van der Waals surface area contributed by atoms with Crippen molar-refractivity contribution in [2.75, 3.05) is 13.2 Å². The van der Waals surface area contributed by atoms with Gasteiger partial charge in [-0.15, -0.1) is 0 Å². The highest BCUT2D eigenvalue weighted by molar-refractivity contribution is 5.98. The summed E-state index contributed by atoms with van der Waals surface area (Å²) in [6, 6.07) is 12.2. The van der Waals surface area contributed by atoms with Crippen LogP contribution in [0.15, 0.2) is 48.5 Å². The number of carboxylic acids is 1. The zero-order valence-corrected chi connectivity index (χ0v) is 14.7. The molecular formula is C21H21NO5. The third kappa shape index (κ3) is 4.94. The monoisotopic (exact) mass is 368 g/mol. The van der Waals surface area contributed by atoms with Gasteiger partial charge >= 0.3 is 11.9 Å². The summed E-state index contributed by atoms with van der Waals surface area (Å²) in [4.78, 5) is 34.8. The van der Waals surface area contributed by atoms with Gasteiger partial charge in [0.25, 0.3) is 5.91 Å². The second-order valence-electron chi connectivity index (χ2n) is 6.54. The van der Waals surface area contributed by atoms with Crippen molar-refractivity contribution in [1.29, 1.82) is 0 Å². The summed E-state index contributed by atoms with van der Waals surface area (Å²) in [7, 11) is 0. The first kappa shape index (κ1) is 17.3. The second kappa shape index (κ2) is 8.49. The first-order valence-corrected chi connectivity index (χ1v) is 8.78. The van der Waals surface area contributed by atoms with E-state index in [1.165, 1.54) is 17.7 Å². The topological polar surface area (TPSA) is 92.7 Å². The maximum atomic E-state index is 12.4. The fraction of sp³-hybridized carbons (Fsp3) is 0.286. The van der Waals surface area contributed by atoms with E-state index in [1.807, 2.05) is 12.1 Å². The maximum absolute atomic E-state index is 12.4. The van der Waals surface area contributed by atoms with Crippen LogP contribution in [0.3, 0.4) is 0 Å². The highest BCUT2D eigenvalue weighted by Crippen LogP contribution is 2.25. The third-order valence-electron chi connectivity index (χ3n) is 4.56. The molecule has 3 rings (SSSR count). The third-order valence-corrected chi connectivity index (χ3v) is 4.56. The van der Waals surface area contributed by atoms with Gasteiger partial charge in [0, 0.05) is 5.56 Å². The number of aryl methyl sites for hydroxylation is 1. The molecule has 0 saturated carbocycles. The molecule has 0 fully saturated rings. The number of hydrogen-bond donors (Lipinski definition) is 2. The lowest BCUT2D eigenvalue weighted by Gasteiger charge is -2.24. The van der Waals surface area contributed by atoms with Crippen LogP contribution in [-0.2, 0) is 22.4 Å². The van der Waals surface area contributed by atoms with Crippen LogP contribution in [0.1, 0.15) is 39.6 Å². The molecule has 0 spiro atoms. The Morgan fingerprint density at radius 2 is 1.96 bits per heavy atom. The lowest BCUT2D eigenvalue weighted by atomic mass is 9.84. The van der Waals surface area contributed by atoms with E-state index in [1.54, 1.807) is 18.2 Å². The molecule has 0 bridgehead atoms. The molecule has 1 unspecified atom stereocenters. The highest BCUT2D eigenvalue weighted by atomic mass is 16.5. The second-order valence-corrected chi connectivity index (χ2v) is 6.54. The van der Waals surface area contributed by atoms with Crippen molar-refractivity contribution >= 4 is 17.8 Å². The van der Waals surface area contributed by atoms with Gasteiger partial charge in [0.15, 0.2) is 0 Å². The molecule has 2 aromatic rings. The van der Waals surface area contributed by atoms with Gasteiger partial charge in [0.05, 0.1) is 13.5 Å². The normalized spacial score (nSPS) is 16.0. The van der Waals surface area contributed by atoms with Gasteiger partial charge in [0.1, 0.15) is 6.54 Å². The number of nitrogens with one attached hydrogen (secondary N) is 1. The number of esters is 1. The molecule has 0 saturated heterocycles. The number of aliphatic carboxylic acids is 1. The summed E-state index contributed by atoms with van der Waals surface area (Å²) < 4.78 is 13.5. The molecule has 2 aromatic carbocycles. The summed E-state index contributed by atoms with van der Waals surface area (Å²) >= 11 is 0. The van der Waals surface area contributed by atoms with Crippen LogP contribution in [0.4, 0.5) is 0 Å². The number of benzene rings is 2. The van der Waals surface area contributed by atoms with Crippen molar-refractivity contribution in [2.24, 2.45) is 5.92 Å².